The van der Waals surface area contributed by atoms with E-state index in [0.29, 0.717) is 5.56 Å². The number of non-ortho nitro benzene ring substituents is 1. The van der Waals surface area contributed by atoms with Crippen molar-refractivity contribution in [2.24, 2.45) is 0 Å². The molecule has 0 aliphatic rings. The molecule has 0 atom stereocenters. The molecule has 0 bridgehead atoms. The Hall–Kier alpha value is -0.690. The first kappa shape index (κ1) is 11.4. The van der Waals surface area contributed by atoms with Crippen LogP contribution in [0.1, 0.15) is 12.5 Å². The molecule has 1 N–H and O–H groups in total. The summed E-state index contributed by atoms with van der Waals surface area (Å²) in [6.07, 6.45) is 0. The molecule has 4 nitrogen and oxygen atoms in total. The lowest BCUT2D eigenvalue weighted by Gasteiger charge is -2.07. The molecule has 1 radical (unpaired) electrons. The van der Waals surface area contributed by atoms with Crippen LogP contribution in [-0.4, -0.2) is 16.6 Å². The van der Waals surface area contributed by atoms with Gasteiger partial charge < -0.3 is 5.11 Å². The topological polar surface area (TPSA) is 63.4 Å². The molecule has 5 heteroatoms. The van der Waals surface area contributed by atoms with Crippen molar-refractivity contribution in [3.63, 3.8) is 0 Å². The van der Waals surface area contributed by atoms with Gasteiger partial charge in [-0.15, -0.1) is 0 Å². The lowest BCUT2D eigenvalue weighted by Crippen LogP contribution is -2.01. The third-order valence-electron chi connectivity index (χ3n) is 1.82. The van der Waals surface area contributed by atoms with Crippen LogP contribution in [0.5, 0.6) is 0 Å². The molecule has 0 spiro atoms. The molecule has 0 saturated heterocycles. The first-order valence-electron chi connectivity index (χ1n) is 3.93. The fraction of sp³-hybridized carbons (Fsp3) is 0.222. The zero-order chi connectivity index (χ0) is 10.7. The zero-order valence-electron chi connectivity index (χ0n) is 7.53. The van der Waals surface area contributed by atoms with E-state index in [1.807, 2.05) is 22.6 Å². The highest BCUT2D eigenvalue weighted by molar-refractivity contribution is 14.1. The van der Waals surface area contributed by atoms with Gasteiger partial charge >= 0.3 is 0 Å². The summed E-state index contributed by atoms with van der Waals surface area (Å²) in [6, 6.07) is 4.77. The van der Waals surface area contributed by atoms with Crippen molar-refractivity contribution in [1.82, 2.24) is 0 Å². The maximum atomic E-state index is 10.5. The van der Waals surface area contributed by atoms with E-state index in [4.69, 9.17) is 5.11 Å². The number of benzene rings is 1. The Balaban J connectivity index is 3.13. The molecule has 75 valence electrons. The summed E-state index contributed by atoms with van der Waals surface area (Å²) in [5.74, 6) is 0.728. The normalized spacial score (nSPS) is 10.6. The predicted molar refractivity (Wildman–Crippen MR) is 60.9 cm³/mol. The van der Waals surface area contributed by atoms with E-state index in [1.54, 1.807) is 13.0 Å². The highest BCUT2D eigenvalue weighted by Gasteiger charge is 2.12. The Morgan fingerprint density at radius 3 is 2.71 bits per heavy atom. The van der Waals surface area contributed by atoms with Gasteiger partial charge in [-0.3, -0.25) is 10.1 Å². The number of halogens is 1. The molecule has 0 unspecified atom stereocenters. The number of rotatable bonds is 3. The minimum atomic E-state index is -0.434. The quantitative estimate of drug-likeness (QED) is 0.528. The molecular weight excluding hydrogens is 297 g/mol. The van der Waals surface area contributed by atoms with Crippen molar-refractivity contribution >= 4 is 28.3 Å². The van der Waals surface area contributed by atoms with Crippen LogP contribution in [0.3, 0.4) is 0 Å². The second-order valence-corrected chi connectivity index (χ2v) is 4.14. The molecule has 0 aromatic heterocycles. The lowest BCUT2D eigenvalue weighted by atomic mass is 10.0. The van der Waals surface area contributed by atoms with Crippen LogP contribution in [0.2, 0.25) is 0 Å². The fourth-order valence-corrected chi connectivity index (χ4v) is 1.67. The molecule has 0 fully saturated rings. The van der Waals surface area contributed by atoms with E-state index in [2.05, 4.69) is 0 Å². The van der Waals surface area contributed by atoms with Crippen molar-refractivity contribution in [1.29, 1.82) is 0 Å². The molecule has 0 heterocycles. The summed E-state index contributed by atoms with van der Waals surface area (Å²) in [5, 5.41) is 19.4. The Morgan fingerprint density at radius 2 is 2.21 bits per heavy atom. The van der Waals surface area contributed by atoms with Gasteiger partial charge in [0.05, 0.1) is 11.5 Å². The number of hydrogen-bond acceptors (Lipinski definition) is 3. The molecule has 14 heavy (non-hydrogen) atoms. The Labute approximate surface area is 95.2 Å². The number of nitro benzene ring substituents is 1. The number of aliphatic hydroxyl groups is 1. The summed E-state index contributed by atoms with van der Waals surface area (Å²) in [5.41, 5.74) is 0.769. The van der Waals surface area contributed by atoms with Crippen molar-refractivity contribution in [3.05, 3.63) is 43.4 Å². The van der Waals surface area contributed by atoms with Gasteiger partial charge in [-0.05, 0) is 34.2 Å². The van der Waals surface area contributed by atoms with Crippen LogP contribution in [0.4, 0.5) is 5.69 Å². The average molecular weight is 306 g/mol. The van der Waals surface area contributed by atoms with Crippen molar-refractivity contribution in [2.75, 3.05) is 6.61 Å². The molecule has 1 aromatic rings. The number of aliphatic hydroxyl groups excluding tert-OH is 1. The van der Waals surface area contributed by atoms with Crippen molar-refractivity contribution in [2.45, 2.75) is 6.92 Å². The molecule has 0 aliphatic carbocycles. The van der Waals surface area contributed by atoms with Crippen LogP contribution in [-0.2, 0) is 0 Å². The summed E-state index contributed by atoms with van der Waals surface area (Å²) >= 11 is 2.01. The minimum Gasteiger partial charge on any atom is -0.395 e. The predicted octanol–water partition coefficient (Wildman–Crippen LogP) is 2.13. The fourth-order valence-electron chi connectivity index (χ4n) is 1.02. The second-order valence-electron chi connectivity index (χ2n) is 2.89. The zero-order valence-corrected chi connectivity index (χ0v) is 9.69. The van der Waals surface area contributed by atoms with Gasteiger partial charge in [0.2, 0.25) is 0 Å². The first-order valence-corrected chi connectivity index (χ1v) is 5.01. The van der Waals surface area contributed by atoms with Gasteiger partial charge in [0.15, 0.2) is 0 Å². The number of hydrogen-bond donors (Lipinski definition) is 1. The Morgan fingerprint density at radius 1 is 1.57 bits per heavy atom. The van der Waals surface area contributed by atoms with Crippen LogP contribution >= 0.6 is 22.6 Å². The highest BCUT2D eigenvalue weighted by atomic mass is 127. The Kier molecular flexibility index (Phi) is 3.82. The first-order chi connectivity index (χ1) is 6.54. The highest BCUT2D eigenvalue weighted by Crippen LogP contribution is 2.23. The van der Waals surface area contributed by atoms with E-state index >= 15 is 0 Å². The van der Waals surface area contributed by atoms with Crippen molar-refractivity contribution < 1.29 is 10.0 Å². The molecule has 0 saturated carbocycles. The molecule has 1 aromatic carbocycles. The van der Waals surface area contributed by atoms with E-state index in [0.717, 1.165) is 9.49 Å². The third kappa shape index (κ3) is 2.65. The largest absolute Gasteiger partial charge is 0.395 e. The summed E-state index contributed by atoms with van der Waals surface area (Å²) < 4.78 is 0.791. The monoisotopic (exact) mass is 306 g/mol. The minimum absolute atomic E-state index is 0.0553. The standard InChI is InChI=1S/C9H9INO3/c1-6(5-12)7-2-8(10)4-9(3-7)11(13)14/h2-4,12H,5H2,1H3. The van der Waals surface area contributed by atoms with Crippen LogP contribution in [0.15, 0.2) is 18.2 Å². The van der Waals surface area contributed by atoms with Crippen molar-refractivity contribution in [3.8, 4) is 0 Å². The smallest absolute Gasteiger partial charge is 0.270 e. The van der Waals surface area contributed by atoms with Gasteiger partial charge in [-0.25, -0.2) is 0 Å². The van der Waals surface area contributed by atoms with E-state index in [9.17, 15) is 10.1 Å². The van der Waals surface area contributed by atoms with Crippen LogP contribution in [0.25, 0.3) is 0 Å². The van der Waals surface area contributed by atoms with Gasteiger partial charge in [0.25, 0.3) is 5.69 Å². The third-order valence-corrected chi connectivity index (χ3v) is 2.45. The lowest BCUT2D eigenvalue weighted by molar-refractivity contribution is -0.385. The summed E-state index contributed by atoms with van der Waals surface area (Å²) in [7, 11) is 0. The number of nitrogens with zero attached hydrogens (tertiary/aromatic N) is 1. The van der Waals surface area contributed by atoms with Gasteiger partial charge in [-0.1, -0.05) is 6.92 Å². The molecular formula is C9H9INO3. The van der Waals surface area contributed by atoms with Crippen LogP contribution in [0, 0.1) is 19.6 Å². The van der Waals surface area contributed by atoms with E-state index < -0.39 is 4.92 Å². The molecule has 0 amide bonds. The summed E-state index contributed by atoms with van der Waals surface area (Å²) in [6.45, 7) is 1.66. The maximum absolute atomic E-state index is 10.5. The summed E-state index contributed by atoms with van der Waals surface area (Å²) in [4.78, 5) is 10.1. The molecule has 1 rings (SSSR count). The van der Waals surface area contributed by atoms with E-state index in [1.165, 1.54) is 12.1 Å². The average Bonchev–Trinajstić information content (AvgIpc) is 2.15. The SMILES string of the molecule is C[C](CO)c1cc(I)cc([N+](=O)[O-])c1. The second kappa shape index (κ2) is 4.70. The van der Waals surface area contributed by atoms with Crippen LogP contribution < -0.4 is 0 Å². The maximum Gasteiger partial charge on any atom is 0.270 e. The van der Waals surface area contributed by atoms with Gasteiger partial charge in [0.1, 0.15) is 0 Å². The Bertz CT molecular complexity index is 354. The van der Waals surface area contributed by atoms with Gasteiger partial charge in [-0.2, -0.15) is 0 Å². The molecule has 0 aliphatic heterocycles. The number of nitro groups is 1. The van der Waals surface area contributed by atoms with Gasteiger partial charge in [0, 0.05) is 21.6 Å². The van der Waals surface area contributed by atoms with E-state index in [-0.39, 0.29) is 12.3 Å².